The number of esters is 1. The van der Waals surface area contributed by atoms with E-state index in [4.69, 9.17) is 9.47 Å². The van der Waals surface area contributed by atoms with Crippen molar-refractivity contribution in [2.24, 2.45) is 46.4 Å². The van der Waals surface area contributed by atoms with Gasteiger partial charge in [-0.05, 0) is 173 Å². The average Bonchev–Trinajstić information content (AvgIpc) is 3.07. The van der Waals surface area contributed by atoms with E-state index < -0.39 is 17.3 Å². The second kappa shape index (κ2) is 29.8. The summed E-state index contributed by atoms with van der Waals surface area (Å²) in [4.78, 5) is 53.2. The quantitative estimate of drug-likeness (QED) is 0.147. The molecule has 0 aromatic heterocycles. The van der Waals surface area contributed by atoms with Crippen LogP contribution in [0.1, 0.15) is 206 Å². The fourth-order valence-corrected chi connectivity index (χ4v) is 8.79. The number of rotatable bonds is 8. The van der Waals surface area contributed by atoms with Crippen molar-refractivity contribution < 1.29 is 59.6 Å². The maximum absolute atomic E-state index is 11.8. The van der Waals surface area contributed by atoms with Crippen molar-refractivity contribution in [1.29, 1.82) is 0 Å². The number of hydrogen-bond donors (Lipinski definition) is 1. The summed E-state index contributed by atoms with van der Waals surface area (Å²) < 4.78 is 10.4. The van der Waals surface area contributed by atoms with Gasteiger partial charge in [-0.15, -0.1) is 0 Å². The van der Waals surface area contributed by atoms with Crippen molar-refractivity contribution in [3.8, 4) is 0 Å². The predicted molar refractivity (Wildman–Crippen MR) is 257 cm³/mol. The van der Waals surface area contributed by atoms with Crippen LogP contribution in [0.25, 0.3) is 0 Å². The van der Waals surface area contributed by atoms with E-state index in [2.05, 4.69) is 40.1 Å². The van der Waals surface area contributed by atoms with E-state index in [1.54, 1.807) is 26.5 Å². The summed E-state index contributed by atoms with van der Waals surface area (Å²) in [5, 5.41) is 3.67. The minimum atomic E-state index is -0.544. The van der Waals surface area contributed by atoms with Crippen LogP contribution in [0.2, 0.25) is 0 Å². The Labute approximate surface area is 413 Å². The number of Topliss-reactive ketones (excluding diaryl/α,β-unsaturated/α-hetero) is 1. The number of aliphatic imine (C=N–C) groups is 1. The van der Waals surface area contributed by atoms with Crippen LogP contribution >= 0.6 is 15.9 Å². The van der Waals surface area contributed by atoms with E-state index in [1.165, 1.54) is 101 Å². The molecule has 4 aliphatic carbocycles. The van der Waals surface area contributed by atoms with Crippen LogP contribution in [-0.2, 0) is 23.9 Å². The molecule has 0 aromatic rings. The summed E-state index contributed by atoms with van der Waals surface area (Å²) >= 11 is 3.46. The van der Waals surface area contributed by atoms with Crippen molar-refractivity contribution in [1.82, 2.24) is 10.2 Å². The van der Waals surface area contributed by atoms with Crippen LogP contribution in [0.5, 0.6) is 0 Å². The Morgan fingerprint density at radius 3 is 1.77 bits per heavy atom. The fraction of sp³-hybridized carbons (Fsp3) is 0.900. The summed E-state index contributed by atoms with van der Waals surface area (Å²) in [6.45, 7) is 22.6. The number of amides is 2. The second-order valence-corrected chi connectivity index (χ2v) is 23.0. The van der Waals surface area contributed by atoms with Crippen molar-refractivity contribution in [2.45, 2.75) is 226 Å². The molecule has 1 N–H and O–H groups in total. The predicted octanol–water partition coefficient (Wildman–Crippen LogP) is 9.19. The SMILES string of the molecule is BrC1CCC1.CC(CCC(=O)OC(C)(C)C)CC(=O)C1CCC1.CC1CCC(=O)N(C(=O)OC(C)(C)C)C1.CC1CCC(C2CCC2)=NC1.C[C@@H]1CC[C@@H](C2CCC2)NC1.[B].[H-].[Na+]. The van der Waals surface area contributed by atoms with Crippen molar-refractivity contribution in [2.75, 3.05) is 19.6 Å². The summed E-state index contributed by atoms with van der Waals surface area (Å²) in [6, 6.07) is 0.889. The molecule has 62 heavy (non-hydrogen) atoms. The number of carbonyl (C=O) groups is 4. The summed E-state index contributed by atoms with van der Waals surface area (Å²) in [7, 11) is 0. The van der Waals surface area contributed by atoms with Gasteiger partial charge in [0.1, 0.15) is 17.0 Å². The molecule has 2 saturated heterocycles. The van der Waals surface area contributed by atoms with Gasteiger partial charge in [0.05, 0.1) is 0 Å². The molecular formula is C50H89BBrN3NaO6. The first kappa shape index (κ1) is 59.3. The van der Waals surface area contributed by atoms with Crippen LogP contribution in [0.15, 0.2) is 4.99 Å². The number of ether oxygens (including phenoxy) is 2. The van der Waals surface area contributed by atoms with Gasteiger partial charge in [0.25, 0.3) is 0 Å². The topological polar surface area (TPSA) is 114 Å². The van der Waals surface area contributed by atoms with Crippen molar-refractivity contribution >= 4 is 53.8 Å². The zero-order chi connectivity index (χ0) is 44.5. The largest absolute Gasteiger partial charge is 1.00 e. The molecule has 7 rings (SSSR count). The minimum Gasteiger partial charge on any atom is -1.00 e. The zero-order valence-electron chi connectivity index (χ0n) is 42.5. The molecule has 12 heteroatoms. The van der Waals surface area contributed by atoms with Crippen LogP contribution in [0.4, 0.5) is 4.79 Å². The number of likely N-dealkylation sites (tertiary alicyclic amines) is 1. The molecule has 3 heterocycles. The van der Waals surface area contributed by atoms with E-state index >= 15 is 0 Å². The monoisotopic (exact) mass is 941 g/mol. The van der Waals surface area contributed by atoms with Crippen molar-refractivity contribution in [3.63, 3.8) is 0 Å². The van der Waals surface area contributed by atoms with Crippen molar-refractivity contribution in [3.05, 3.63) is 0 Å². The molecule has 0 bridgehead atoms. The number of alkyl halides is 1. The van der Waals surface area contributed by atoms with E-state index in [-0.39, 0.29) is 57.2 Å². The Bertz CT molecular complexity index is 1350. The molecule has 6 fully saturated rings. The molecule has 9 nitrogen and oxygen atoms in total. The summed E-state index contributed by atoms with van der Waals surface area (Å²) in [5.74, 6) is 4.79. The number of nitrogens with one attached hydrogen (secondary N) is 1. The number of imide groups is 1. The van der Waals surface area contributed by atoms with Crippen LogP contribution in [0, 0.1) is 41.4 Å². The van der Waals surface area contributed by atoms with Gasteiger partial charge in [0, 0.05) is 63.3 Å². The average molecular weight is 942 g/mol. The van der Waals surface area contributed by atoms with Gasteiger partial charge < -0.3 is 16.2 Å². The Morgan fingerprint density at radius 2 is 1.35 bits per heavy atom. The van der Waals surface area contributed by atoms with E-state index in [9.17, 15) is 19.2 Å². The number of nitrogens with zero attached hydrogens (tertiary/aromatic N) is 2. The van der Waals surface area contributed by atoms with Crippen LogP contribution in [-0.4, -0.2) is 84.5 Å². The fourth-order valence-electron chi connectivity index (χ4n) is 8.14. The van der Waals surface area contributed by atoms with Gasteiger partial charge in [-0.2, -0.15) is 0 Å². The van der Waals surface area contributed by atoms with Gasteiger partial charge in [0.2, 0.25) is 5.91 Å². The zero-order valence-corrected chi connectivity index (χ0v) is 45.1. The molecule has 351 valence electrons. The van der Waals surface area contributed by atoms with Gasteiger partial charge in [-0.3, -0.25) is 19.4 Å². The number of piperidine rings is 2. The summed E-state index contributed by atoms with van der Waals surface area (Å²) in [5.41, 5.74) is 0.592. The number of hydrogen-bond acceptors (Lipinski definition) is 8. The van der Waals surface area contributed by atoms with E-state index in [1.807, 2.05) is 34.6 Å². The first-order valence-corrected chi connectivity index (χ1v) is 25.3. The molecule has 7 aliphatic rings. The van der Waals surface area contributed by atoms with Gasteiger partial charge in [-0.1, -0.05) is 69.3 Å². The van der Waals surface area contributed by atoms with Crippen LogP contribution in [0.3, 0.4) is 0 Å². The normalized spacial score (nSPS) is 25.8. The standard InChI is InChI=1S/C15H26O3.C11H19NO3.C10H19N.C10H17N.C4H7Br.B.Na.H/c1-11(10-13(16)12-6-5-7-12)8-9-14(17)18-15(2,3)4;1-8-5-6-9(13)12(7-8)10(14)15-11(2,3)4;2*1-8-5-6-10(11-7-8)9-3-2-4-9;5-4-2-1-3-4;;;/h11-12H,5-10H2,1-4H3;8H,5-7H2,1-4H3;8-11H,2-7H2,1H3;8-9H,2-7H2,1H3;4H,1-3H2;;;/q;;;;;;+1;-1/t;;8-,10+;;;;;/m..1...../s1. The molecule has 2 amide bonds. The number of halogens is 1. The third-order valence-electron chi connectivity index (χ3n) is 13.2. The second-order valence-electron chi connectivity index (χ2n) is 21.7. The summed E-state index contributed by atoms with van der Waals surface area (Å²) in [6.07, 6.45) is 24.5. The molecule has 3 aliphatic heterocycles. The minimum absolute atomic E-state index is 0. The Kier molecular flexibility index (Phi) is 28.5. The number of ketones is 1. The molecule has 0 aromatic carbocycles. The maximum atomic E-state index is 11.8. The van der Waals surface area contributed by atoms with E-state index in [0.29, 0.717) is 43.4 Å². The smallest absolute Gasteiger partial charge is 1.00 e. The maximum Gasteiger partial charge on any atom is 1.00 e. The Morgan fingerprint density at radius 1 is 0.790 bits per heavy atom. The first-order chi connectivity index (χ1) is 28.2. The van der Waals surface area contributed by atoms with Gasteiger partial charge >= 0.3 is 41.6 Å². The molecule has 4 saturated carbocycles. The van der Waals surface area contributed by atoms with Gasteiger partial charge in [0.15, 0.2) is 0 Å². The first-order valence-electron chi connectivity index (χ1n) is 24.4. The Balaban J connectivity index is 0.000000781. The molecule has 0 spiro atoms. The molecule has 3 unspecified atom stereocenters. The molecular weight excluding hydrogens is 852 g/mol. The van der Waals surface area contributed by atoms with E-state index in [0.717, 1.165) is 66.8 Å². The third kappa shape index (κ3) is 24.1. The van der Waals surface area contributed by atoms with Gasteiger partial charge in [-0.25, -0.2) is 9.69 Å². The Hall–Kier alpha value is -0.745. The number of carbonyl (C=O) groups excluding carboxylic acids is 4. The molecule has 3 radical (unpaired) electrons. The van der Waals surface area contributed by atoms with Crippen LogP contribution < -0.4 is 34.9 Å². The third-order valence-corrected chi connectivity index (χ3v) is 14.1. The molecule has 5 atom stereocenters.